The lowest BCUT2D eigenvalue weighted by Crippen LogP contribution is -2.41. The van der Waals surface area contributed by atoms with Crippen molar-refractivity contribution in [3.05, 3.63) is 28.4 Å². The molecule has 0 aliphatic rings. The molecular formula is C7H12N5+. The fourth-order valence-corrected chi connectivity index (χ4v) is 1.09. The second-order valence-corrected chi connectivity index (χ2v) is 2.81. The molecule has 0 bridgehead atoms. The molecule has 5 nitrogen and oxygen atoms in total. The van der Waals surface area contributed by atoms with Crippen molar-refractivity contribution in [3.63, 3.8) is 0 Å². The van der Waals surface area contributed by atoms with Crippen LogP contribution < -0.4 is 4.68 Å². The Balaban J connectivity index is 2.83. The Kier molecular flexibility index (Phi) is 2.71. The minimum Gasteiger partial charge on any atom is -0.173 e. The first-order valence-electron chi connectivity index (χ1n) is 3.84. The molecule has 1 aromatic rings. The van der Waals surface area contributed by atoms with Crippen molar-refractivity contribution in [2.24, 2.45) is 5.11 Å². The molecule has 0 saturated heterocycles. The van der Waals surface area contributed by atoms with E-state index in [-0.39, 0.29) is 0 Å². The first-order chi connectivity index (χ1) is 5.75. The van der Waals surface area contributed by atoms with Crippen molar-refractivity contribution in [3.8, 4) is 0 Å². The summed E-state index contributed by atoms with van der Waals surface area (Å²) in [5.74, 6) is 0. The lowest BCUT2D eigenvalue weighted by atomic mass is 10.3. The molecule has 0 amide bonds. The number of H-pyrrole nitrogens is 1. The third-order valence-corrected chi connectivity index (χ3v) is 1.61. The maximum Gasteiger partial charge on any atom is 0.213 e. The molecule has 0 aliphatic carbocycles. The first-order valence-corrected chi connectivity index (χ1v) is 3.84. The second-order valence-electron chi connectivity index (χ2n) is 2.81. The second kappa shape index (κ2) is 3.78. The molecule has 0 saturated carbocycles. The van der Waals surface area contributed by atoms with E-state index in [0.717, 1.165) is 5.69 Å². The van der Waals surface area contributed by atoms with Crippen molar-refractivity contribution < 1.29 is 4.68 Å². The van der Waals surface area contributed by atoms with Gasteiger partial charge < -0.3 is 0 Å². The van der Waals surface area contributed by atoms with E-state index in [9.17, 15) is 0 Å². The highest BCUT2D eigenvalue weighted by atomic mass is 15.3. The minimum absolute atomic E-state index is 0.365. The van der Waals surface area contributed by atoms with E-state index in [1.807, 2.05) is 16.9 Å². The fourth-order valence-electron chi connectivity index (χ4n) is 1.09. The van der Waals surface area contributed by atoms with Gasteiger partial charge in [0.05, 0.1) is 6.20 Å². The fraction of sp³-hybridized carbons (Fsp3) is 0.571. The average molecular weight is 166 g/mol. The molecule has 0 atom stereocenters. The van der Waals surface area contributed by atoms with Gasteiger partial charge in [-0.05, 0) is 19.4 Å². The molecule has 1 heterocycles. The van der Waals surface area contributed by atoms with Gasteiger partial charge in [-0.2, -0.15) is 5.10 Å². The quantitative estimate of drug-likeness (QED) is 0.307. The zero-order chi connectivity index (χ0) is 8.97. The minimum atomic E-state index is 0.365. The highest BCUT2D eigenvalue weighted by Gasteiger charge is 2.13. The van der Waals surface area contributed by atoms with Gasteiger partial charge in [0, 0.05) is 11.0 Å². The summed E-state index contributed by atoms with van der Waals surface area (Å²) >= 11 is 0. The molecule has 0 aromatic carbocycles. The van der Waals surface area contributed by atoms with Crippen molar-refractivity contribution in [2.45, 2.75) is 26.4 Å². The van der Waals surface area contributed by atoms with E-state index in [4.69, 9.17) is 5.53 Å². The van der Waals surface area contributed by atoms with Gasteiger partial charge in [0.2, 0.25) is 5.69 Å². The van der Waals surface area contributed by atoms with Gasteiger partial charge in [-0.1, -0.05) is 5.11 Å². The number of aromatic nitrogens is 2. The zero-order valence-electron chi connectivity index (χ0n) is 7.23. The topological polar surface area (TPSA) is 68.4 Å². The molecule has 1 aromatic heterocycles. The number of nitrogens with zero attached hydrogens (tertiary/aromatic N) is 4. The lowest BCUT2D eigenvalue weighted by Gasteiger charge is -1.96. The van der Waals surface area contributed by atoms with E-state index in [0.29, 0.717) is 12.6 Å². The van der Waals surface area contributed by atoms with Crippen LogP contribution in [0.4, 0.5) is 0 Å². The van der Waals surface area contributed by atoms with Crippen LogP contribution >= 0.6 is 0 Å². The molecule has 0 radical (unpaired) electrons. The van der Waals surface area contributed by atoms with Crippen LogP contribution in [0.5, 0.6) is 0 Å². The van der Waals surface area contributed by atoms with Crippen LogP contribution in [0.3, 0.4) is 0 Å². The number of hydrogen-bond acceptors (Lipinski definition) is 1. The lowest BCUT2D eigenvalue weighted by molar-refractivity contribution is -0.773. The van der Waals surface area contributed by atoms with Crippen LogP contribution in [0.2, 0.25) is 0 Å². The molecule has 12 heavy (non-hydrogen) atoms. The normalized spacial score (nSPS) is 9.92. The maximum absolute atomic E-state index is 8.13. The van der Waals surface area contributed by atoms with Gasteiger partial charge >= 0.3 is 0 Å². The summed E-state index contributed by atoms with van der Waals surface area (Å²) in [7, 11) is 0. The van der Waals surface area contributed by atoms with Crippen LogP contribution in [0.25, 0.3) is 10.4 Å². The Morgan fingerprint density at radius 2 is 2.50 bits per heavy atom. The maximum atomic E-state index is 8.13. The Bertz CT molecular complexity index is 295. The Morgan fingerprint density at radius 1 is 1.75 bits per heavy atom. The molecule has 0 unspecified atom stereocenters. The highest BCUT2D eigenvalue weighted by Crippen LogP contribution is 1.98. The summed E-state index contributed by atoms with van der Waals surface area (Å²) in [4.78, 5) is 2.71. The summed E-state index contributed by atoms with van der Waals surface area (Å²) in [5, 5.41) is 6.54. The van der Waals surface area contributed by atoms with E-state index < -0.39 is 0 Å². The third-order valence-electron chi connectivity index (χ3n) is 1.61. The van der Waals surface area contributed by atoms with E-state index >= 15 is 0 Å². The standard InChI is InChI=1S/C7H11N5/c1-6(2)12-7(3-4-10-12)5-9-11-8/h3-4,6H,5H2,1-2H3/p+1. The van der Waals surface area contributed by atoms with E-state index in [2.05, 4.69) is 29.0 Å². The number of rotatable bonds is 3. The molecule has 5 heteroatoms. The number of nitrogens with one attached hydrogen (secondary N) is 1. The average Bonchev–Trinajstić information content (AvgIpc) is 2.48. The summed E-state index contributed by atoms with van der Waals surface area (Å²) in [6, 6.07) is 2.28. The van der Waals surface area contributed by atoms with Crippen molar-refractivity contribution in [1.29, 1.82) is 0 Å². The van der Waals surface area contributed by atoms with E-state index in [1.54, 1.807) is 0 Å². The third kappa shape index (κ3) is 1.77. The summed E-state index contributed by atoms with van der Waals surface area (Å²) in [5.41, 5.74) is 9.14. The van der Waals surface area contributed by atoms with Gasteiger partial charge in [-0.15, -0.1) is 4.68 Å². The van der Waals surface area contributed by atoms with Crippen molar-refractivity contribution >= 4 is 0 Å². The smallest absolute Gasteiger partial charge is 0.173 e. The molecule has 64 valence electrons. The molecule has 1 N–H and O–H groups in total. The van der Waals surface area contributed by atoms with Crippen LogP contribution in [-0.4, -0.2) is 5.10 Å². The zero-order valence-corrected chi connectivity index (χ0v) is 7.23. The van der Waals surface area contributed by atoms with Gasteiger partial charge in [0.1, 0.15) is 6.54 Å². The first kappa shape index (κ1) is 8.62. The van der Waals surface area contributed by atoms with Gasteiger partial charge in [-0.3, -0.25) is 0 Å². The Labute approximate surface area is 70.6 Å². The van der Waals surface area contributed by atoms with Gasteiger partial charge in [0.15, 0.2) is 6.04 Å². The number of azide groups is 1. The summed E-state index contributed by atoms with van der Waals surface area (Å²) in [6.07, 6.45) is 1.84. The highest BCUT2D eigenvalue weighted by molar-refractivity contribution is 4.90. The van der Waals surface area contributed by atoms with Crippen LogP contribution in [0, 0.1) is 0 Å². The number of aromatic amines is 1. The molecule has 0 fully saturated rings. The Morgan fingerprint density at radius 3 is 3.08 bits per heavy atom. The van der Waals surface area contributed by atoms with Gasteiger partial charge in [0.25, 0.3) is 0 Å². The monoisotopic (exact) mass is 166 g/mol. The predicted octanol–water partition coefficient (Wildman–Crippen LogP) is 1.69. The van der Waals surface area contributed by atoms with Gasteiger partial charge in [-0.25, -0.2) is 0 Å². The SMILES string of the molecule is CC(C)[n+]1[nH]ccc1CN=[N+]=[N-]. The van der Waals surface area contributed by atoms with Crippen molar-refractivity contribution in [1.82, 2.24) is 5.10 Å². The van der Waals surface area contributed by atoms with Crippen molar-refractivity contribution in [2.75, 3.05) is 0 Å². The molecule has 0 aliphatic heterocycles. The number of hydrogen-bond donors (Lipinski definition) is 1. The van der Waals surface area contributed by atoms with Crippen LogP contribution in [-0.2, 0) is 6.54 Å². The largest absolute Gasteiger partial charge is 0.213 e. The molecule has 0 spiro atoms. The van der Waals surface area contributed by atoms with Crippen LogP contribution in [0.15, 0.2) is 17.4 Å². The molecule has 1 rings (SSSR count). The Hall–Kier alpha value is -1.48. The van der Waals surface area contributed by atoms with Crippen LogP contribution in [0.1, 0.15) is 25.6 Å². The summed E-state index contributed by atoms with van der Waals surface area (Å²) in [6.45, 7) is 4.53. The van der Waals surface area contributed by atoms with E-state index in [1.165, 1.54) is 0 Å². The summed E-state index contributed by atoms with van der Waals surface area (Å²) < 4.78 is 1.97. The molecular weight excluding hydrogens is 154 g/mol. The predicted molar refractivity (Wildman–Crippen MR) is 44.2 cm³/mol.